The molecule has 18 aromatic rings. The van der Waals surface area contributed by atoms with Crippen molar-refractivity contribution in [2.45, 2.75) is 10.8 Å². The topological polar surface area (TPSA) is 9.86 Å². The second-order valence-electron chi connectivity index (χ2n) is 27.1. The lowest BCUT2D eigenvalue weighted by Gasteiger charge is -2.35. The highest BCUT2D eigenvalue weighted by atomic mass is 15.0. The Labute approximate surface area is 581 Å². The number of hydrogen-bond donors (Lipinski definition) is 0. The Morgan fingerprint density at radius 3 is 0.890 bits per heavy atom. The van der Waals surface area contributed by atoms with E-state index in [1.807, 2.05) is 0 Å². The Kier molecular flexibility index (Phi) is 13.1. The lowest BCUT2D eigenvalue weighted by molar-refractivity contribution is 0.767. The van der Waals surface area contributed by atoms with Crippen LogP contribution in [0.2, 0.25) is 0 Å². The van der Waals surface area contributed by atoms with E-state index in [4.69, 9.17) is 0 Å². The van der Waals surface area contributed by atoms with Crippen molar-refractivity contribution in [3.05, 3.63) is 431 Å². The summed E-state index contributed by atoms with van der Waals surface area (Å²) >= 11 is 0. The van der Waals surface area contributed by atoms with Gasteiger partial charge in [0, 0.05) is 32.9 Å². The number of fused-ring (bicyclic) bond motifs is 14. The van der Waals surface area contributed by atoms with Crippen LogP contribution in [0, 0.1) is 0 Å². The number of rotatable bonds is 11. The summed E-state index contributed by atoms with van der Waals surface area (Å²) in [4.78, 5) is 0. The van der Waals surface area contributed by atoms with E-state index in [0.717, 1.165) is 33.6 Å². The summed E-state index contributed by atoms with van der Waals surface area (Å²) in [5, 5.41) is 9.90. The molecule has 0 aliphatic heterocycles. The molecule has 0 saturated carbocycles. The molecule has 466 valence electrons. The molecule has 2 aliphatic rings. The fourth-order valence-electron chi connectivity index (χ4n) is 17.3. The van der Waals surface area contributed by atoms with Gasteiger partial charge in [0.2, 0.25) is 0 Å². The molecule has 0 spiro atoms. The fourth-order valence-corrected chi connectivity index (χ4v) is 17.3. The smallest absolute Gasteiger partial charge is 0.0713 e. The fraction of sp³-hybridized carbons (Fsp3) is 0.0204. The van der Waals surface area contributed by atoms with Gasteiger partial charge in [-0.25, -0.2) is 0 Å². The zero-order valence-electron chi connectivity index (χ0n) is 54.8. The maximum absolute atomic E-state index is 2.52. The first-order valence-electron chi connectivity index (χ1n) is 34.8. The molecule has 0 saturated heterocycles. The van der Waals surface area contributed by atoms with E-state index in [-0.39, 0.29) is 0 Å². The number of benzene rings is 16. The molecule has 16 aromatic carbocycles. The second-order valence-corrected chi connectivity index (χ2v) is 27.1. The Morgan fingerprint density at radius 1 is 0.200 bits per heavy atom. The molecular weight excluding hydrogens is 1210 g/mol. The van der Waals surface area contributed by atoms with Gasteiger partial charge in [0.1, 0.15) is 0 Å². The summed E-state index contributed by atoms with van der Waals surface area (Å²) in [6.07, 6.45) is 9.20. The Hall–Kier alpha value is -12.9. The minimum atomic E-state index is -0.631. The normalized spacial score (nSPS) is 13.5. The molecule has 0 atom stereocenters. The van der Waals surface area contributed by atoms with E-state index >= 15 is 0 Å². The molecule has 0 amide bonds. The van der Waals surface area contributed by atoms with Crippen LogP contribution in [0.15, 0.2) is 364 Å². The molecule has 0 radical (unpaired) electrons. The molecule has 100 heavy (non-hydrogen) atoms. The molecule has 2 aliphatic carbocycles. The summed E-state index contributed by atoms with van der Waals surface area (Å²) in [5.74, 6) is 0. The average Bonchev–Trinajstić information content (AvgIpc) is 1.49. The highest BCUT2D eigenvalue weighted by Crippen LogP contribution is 2.60. The predicted molar refractivity (Wildman–Crippen MR) is 421 cm³/mol. The summed E-state index contributed by atoms with van der Waals surface area (Å²) in [7, 11) is 0. The van der Waals surface area contributed by atoms with Gasteiger partial charge in [0.15, 0.2) is 0 Å². The lowest BCUT2D eigenvalue weighted by Crippen LogP contribution is -2.29. The van der Waals surface area contributed by atoms with E-state index in [9.17, 15) is 0 Å². The van der Waals surface area contributed by atoms with Crippen LogP contribution in [-0.4, -0.2) is 9.13 Å². The van der Waals surface area contributed by atoms with Gasteiger partial charge >= 0.3 is 0 Å². The highest BCUT2D eigenvalue weighted by Gasteiger charge is 2.48. The molecule has 2 heterocycles. The summed E-state index contributed by atoms with van der Waals surface area (Å²) in [5.41, 5.74) is 27.9. The molecule has 2 aromatic heterocycles. The minimum absolute atomic E-state index is 0.631. The zero-order chi connectivity index (χ0) is 65.9. The molecule has 0 N–H and O–H groups in total. The monoisotopic (exact) mass is 1270 g/mol. The van der Waals surface area contributed by atoms with Crippen LogP contribution in [0.4, 0.5) is 0 Å². The maximum atomic E-state index is 2.52. The van der Waals surface area contributed by atoms with Gasteiger partial charge in [-0.2, -0.15) is 0 Å². The van der Waals surface area contributed by atoms with Crippen LogP contribution < -0.4 is 0 Å². The molecule has 0 bridgehead atoms. The average molecular weight is 1270 g/mol. The van der Waals surface area contributed by atoms with Crippen molar-refractivity contribution in [3.63, 3.8) is 0 Å². The first kappa shape index (κ1) is 57.4. The van der Waals surface area contributed by atoms with E-state index in [2.05, 4.69) is 397 Å². The van der Waals surface area contributed by atoms with Crippen LogP contribution in [0.3, 0.4) is 0 Å². The quantitative estimate of drug-likeness (QED) is 0.114. The Balaban J connectivity index is 0.691. The van der Waals surface area contributed by atoms with Crippen LogP contribution in [0.1, 0.15) is 66.8 Å². The third kappa shape index (κ3) is 8.83. The number of para-hydroxylation sites is 2. The summed E-state index contributed by atoms with van der Waals surface area (Å²) < 4.78 is 4.83. The molecule has 0 fully saturated rings. The zero-order valence-corrected chi connectivity index (χ0v) is 54.8. The highest BCUT2D eigenvalue weighted by molar-refractivity contribution is 6.12. The summed E-state index contributed by atoms with van der Waals surface area (Å²) in [6, 6.07) is 136. The second kappa shape index (κ2) is 22.9. The van der Waals surface area contributed by atoms with Crippen molar-refractivity contribution in [1.82, 2.24) is 9.13 Å². The van der Waals surface area contributed by atoms with Crippen LogP contribution in [-0.2, 0) is 10.8 Å². The number of nitrogens with zero attached hydrogens (tertiary/aromatic N) is 2. The Bertz CT molecular complexity index is 5910. The lowest BCUT2D eigenvalue weighted by atomic mass is 9.66. The molecular formula is C98H64N2. The van der Waals surface area contributed by atoms with E-state index in [0.29, 0.717) is 0 Å². The number of aromatic nitrogens is 2. The first-order chi connectivity index (χ1) is 49.5. The van der Waals surface area contributed by atoms with Crippen molar-refractivity contribution >= 4 is 89.5 Å². The van der Waals surface area contributed by atoms with Gasteiger partial charge in [-0.3, -0.25) is 0 Å². The van der Waals surface area contributed by atoms with Crippen molar-refractivity contribution in [2.24, 2.45) is 0 Å². The van der Waals surface area contributed by atoms with E-state index < -0.39 is 10.8 Å². The van der Waals surface area contributed by atoms with Gasteiger partial charge in [-0.15, -0.1) is 0 Å². The molecule has 20 rings (SSSR count). The van der Waals surface area contributed by atoms with Gasteiger partial charge in [-0.1, -0.05) is 303 Å². The van der Waals surface area contributed by atoms with Crippen LogP contribution in [0.25, 0.3) is 134 Å². The SMILES string of the molecule is C(=Cc1ccc2c(c1)c1ccccc1n2-c1ccc2ccccc2c1)c1ccc2c(c1)C(c1ccccc1)(c1ccccc1)c1cc(-c3ccc4c(c3)C(c3ccccc3)(c3ccccc3)c3cc(C=Cc5ccc6c(c5)c5ccccc5n6-c5ccc6ccccc6c5)ccc3-4)ccc1-2. The molecule has 2 nitrogen and oxygen atoms in total. The number of hydrogen-bond acceptors (Lipinski definition) is 0. The largest absolute Gasteiger partial charge is 0.309 e. The van der Waals surface area contributed by atoms with Crippen molar-refractivity contribution < 1.29 is 0 Å². The molecule has 2 heteroatoms. The van der Waals surface area contributed by atoms with Gasteiger partial charge in [-0.05, 0) is 207 Å². The van der Waals surface area contributed by atoms with Crippen molar-refractivity contribution in [3.8, 4) is 44.8 Å². The van der Waals surface area contributed by atoms with Crippen molar-refractivity contribution in [1.29, 1.82) is 0 Å². The van der Waals surface area contributed by atoms with Crippen LogP contribution >= 0.6 is 0 Å². The third-order valence-corrected chi connectivity index (χ3v) is 21.8. The molecule has 0 unspecified atom stereocenters. The third-order valence-electron chi connectivity index (χ3n) is 21.8. The maximum Gasteiger partial charge on any atom is 0.0713 e. The van der Waals surface area contributed by atoms with Gasteiger partial charge in [0.25, 0.3) is 0 Å². The standard InChI is InChI=1S/C98H64N2/c1-5-25-75(26-6-1)97(76-27-7-2-8-28-76)89-59-67(39-37-65-43-55-95-87(57-65)85-33-17-19-35-93(85)99(95)79-49-45-69-21-13-15-23-71(69)61-79)41-51-81(89)83-53-47-73(63-91(83)97)74-48-54-84-82-52-42-68(60-90(82)98(92(84)64-74,77-29-9-3-10-30-77)78-31-11-4-12-32-78)40-38-66-44-56-96-88(58-66)86-34-18-20-36-94(86)100(96)80-50-46-70-22-14-16-24-72(70)62-80/h1-64H. The van der Waals surface area contributed by atoms with E-state index in [1.165, 1.54) is 143 Å². The summed E-state index contributed by atoms with van der Waals surface area (Å²) in [6.45, 7) is 0. The van der Waals surface area contributed by atoms with Gasteiger partial charge in [0.05, 0.1) is 32.9 Å². The van der Waals surface area contributed by atoms with E-state index in [1.54, 1.807) is 0 Å². The Morgan fingerprint density at radius 2 is 0.500 bits per heavy atom. The van der Waals surface area contributed by atoms with Crippen LogP contribution in [0.5, 0.6) is 0 Å². The van der Waals surface area contributed by atoms with Gasteiger partial charge < -0.3 is 9.13 Å². The van der Waals surface area contributed by atoms with Crippen molar-refractivity contribution in [2.75, 3.05) is 0 Å². The minimum Gasteiger partial charge on any atom is -0.309 e. The first-order valence-corrected chi connectivity index (χ1v) is 34.8. The predicted octanol–water partition coefficient (Wildman–Crippen LogP) is 24.9.